The Labute approximate surface area is 143 Å². The smallest absolute Gasteiger partial charge is 0.315 e. The first-order valence-electron chi connectivity index (χ1n) is 8.16. The van der Waals surface area contributed by atoms with Crippen molar-refractivity contribution < 1.29 is 9.53 Å². The van der Waals surface area contributed by atoms with Crippen LogP contribution in [0.15, 0.2) is 48.7 Å². The number of aromatic nitrogens is 1. The van der Waals surface area contributed by atoms with E-state index in [4.69, 9.17) is 4.74 Å². The Kier molecular flexibility index (Phi) is 6.61. The second-order valence-electron chi connectivity index (χ2n) is 6.13. The van der Waals surface area contributed by atoms with Crippen LogP contribution in [0.25, 0.3) is 0 Å². The van der Waals surface area contributed by atoms with Gasteiger partial charge in [-0.2, -0.15) is 0 Å². The monoisotopic (exact) mass is 327 g/mol. The molecule has 0 aliphatic heterocycles. The van der Waals surface area contributed by atoms with E-state index in [1.807, 2.05) is 36.4 Å². The number of benzene rings is 1. The molecule has 5 heteroatoms. The standard InChI is InChI=1S/C19H25N3O2/c1-14(2)11-17(16-7-5-4-6-8-16)22-19(23)21-13-15-9-10-18(24-3)20-12-15/h4-10,12,14,17H,11,13H2,1-3H3,(H2,21,22,23). The Balaban J connectivity index is 1.92. The van der Waals surface area contributed by atoms with Crippen LogP contribution in [0, 0.1) is 5.92 Å². The number of carbonyl (C=O) groups is 1. The van der Waals surface area contributed by atoms with Gasteiger partial charge >= 0.3 is 6.03 Å². The van der Waals surface area contributed by atoms with Crippen molar-refractivity contribution in [1.29, 1.82) is 0 Å². The first-order chi connectivity index (χ1) is 11.6. The first kappa shape index (κ1) is 17.8. The summed E-state index contributed by atoms with van der Waals surface area (Å²) in [6, 6.07) is 13.5. The molecule has 1 aromatic carbocycles. The number of amides is 2. The molecule has 0 aliphatic rings. The van der Waals surface area contributed by atoms with E-state index in [-0.39, 0.29) is 12.1 Å². The molecule has 0 radical (unpaired) electrons. The van der Waals surface area contributed by atoms with E-state index in [1.165, 1.54) is 0 Å². The summed E-state index contributed by atoms with van der Waals surface area (Å²) in [4.78, 5) is 16.4. The molecule has 2 N–H and O–H groups in total. The second-order valence-corrected chi connectivity index (χ2v) is 6.13. The lowest BCUT2D eigenvalue weighted by atomic mass is 9.97. The van der Waals surface area contributed by atoms with Crippen LogP contribution in [0.3, 0.4) is 0 Å². The minimum atomic E-state index is -0.180. The van der Waals surface area contributed by atoms with Crippen molar-refractivity contribution in [1.82, 2.24) is 15.6 Å². The quantitative estimate of drug-likeness (QED) is 0.815. The zero-order valence-corrected chi connectivity index (χ0v) is 14.5. The summed E-state index contributed by atoms with van der Waals surface area (Å²) < 4.78 is 5.02. The van der Waals surface area contributed by atoms with E-state index in [0.717, 1.165) is 17.5 Å². The van der Waals surface area contributed by atoms with E-state index in [0.29, 0.717) is 18.3 Å². The van der Waals surface area contributed by atoms with Crippen LogP contribution in [0.5, 0.6) is 5.88 Å². The van der Waals surface area contributed by atoms with Gasteiger partial charge in [0.1, 0.15) is 0 Å². The molecule has 1 atom stereocenters. The largest absolute Gasteiger partial charge is 0.481 e. The number of urea groups is 1. The first-order valence-corrected chi connectivity index (χ1v) is 8.16. The highest BCUT2D eigenvalue weighted by molar-refractivity contribution is 5.74. The highest BCUT2D eigenvalue weighted by Gasteiger charge is 2.15. The van der Waals surface area contributed by atoms with Crippen molar-refractivity contribution in [2.75, 3.05) is 7.11 Å². The number of hydrogen-bond acceptors (Lipinski definition) is 3. The van der Waals surface area contributed by atoms with Gasteiger partial charge in [-0.25, -0.2) is 9.78 Å². The molecule has 0 spiro atoms. The van der Waals surface area contributed by atoms with Gasteiger partial charge in [-0.3, -0.25) is 0 Å². The lowest BCUT2D eigenvalue weighted by Gasteiger charge is -2.21. The average Bonchev–Trinajstić information content (AvgIpc) is 2.60. The van der Waals surface area contributed by atoms with Crippen LogP contribution in [0.4, 0.5) is 4.79 Å². The lowest BCUT2D eigenvalue weighted by Crippen LogP contribution is -2.38. The molecule has 1 aromatic heterocycles. The van der Waals surface area contributed by atoms with Crippen molar-refractivity contribution in [3.63, 3.8) is 0 Å². The molecular weight excluding hydrogens is 302 g/mol. The van der Waals surface area contributed by atoms with E-state index in [9.17, 15) is 4.79 Å². The maximum absolute atomic E-state index is 12.2. The summed E-state index contributed by atoms with van der Waals surface area (Å²) in [5.74, 6) is 1.05. The average molecular weight is 327 g/mol. The number of carbonyl (C=O) groups excluding carboxylic acids is 1. The third kappa shape index (κ3) is 5.57. The zero-order valence-electron chi connectivity index (χ0n) is 14.5. The molecule has 0 saturated heterocycles. The van der Waals surface area contributed by atoms with E-state index < -0.39 is 0 Å². The molecule has 0 bridgehead atoms. The van der Waals surface area contributed by atoms with Gasteiger partial charge < -0.3 is 15.4 Å². The van der Waals surface area contributed by atoms with Crippen molar-refractivity contribution in [2.45, 2.75) is 32.9 Å². The zero-order chi connectivity index (χ0) is 17.4. The Hall–Kier alpha value is -2.56. The van der Waals surface area contributed by atoms with E-state index in [2.05, 4.69) is 29.5 Å². The molecular formula is C19H25N3O2. The van der Waals surface area contributed by atoms with E-state index in [1.54, 1.807) is 19.4 Å². The maximum Gasteiger partial charge on any atom is 0.315 e. The molecule has 5 nitrogen and oxygen atoms in total. The number of pyridine rings is 1. The van der Waals surface area contributed by atoms with Crippen molar-refractivity contribution >= 4 is 6.03 Å². The fourth-order valence-corrected chi connectivity index (χ4v) is 2.46. The van der Waals surface area contributed by atoms with Gasteiger partial charge in [0, 0.05) is 18.8 Å². The Bertz CT molecular complexity index is 627. The Morgan fingerprint density at radius 2 is 1.92 bits per heavy atom. The molecule has 1 heterocycles. The van der Waals surface area contributed by atoms with Gasteiger partial charge in [0.25, 0.3) is 0 Å². The summed E-state index contributed by atoms with van der Waals surface area (Å²) in [5, 5.41) is 5.94. The third-order valence-corrected chi connectivity index (χ3v) is 3.67. The minimum Gasteiger partial charge on any atom is -0.481 e. The van der Waals surface area contributed by atoms with Gasteiger partial charge in [-0.15, -0.1) is 0 Å². The molecule has 0 aliphatic carbocycles. The maximum atomic E-state index is 12.2. The molecule has 0 saturated carbocycles. The minimum absolute atomic E-state index is 0.000178. The van der Waals surface area contributed by atoms with Gasteiger partial charge in [0.05, 0.1) is 13.2 Å². The topological polar surface area (TPSA) is 63.2 Å². The van der Waals surface area contributed by atoms with Crippen molar-refractivity contribution in [2.24, 2.45) is 5.92 Å². The van der Waals surface area contributed by atoms with Crippen LogP contribution in [-0.2, 0) is 6.54 Å². The third-order valence-electron chi connectivity index (χ3n) is 3.67. The molecule has 2 rings (SSSR count). The number of nitrogens with one attached hydrogen (secondary N) is 2. The van der Waals surface area contributed by atoms with Crippen molar-refractivity contribution in [3.8, 4) is 5.88 Å². The lowest BCUT2D eigenvalue weighted by molar-refractivity contribution is 0.234. The summed E-state index contributed by atoms with van der Waals surface area (Å²) in [6.07, 6.45) is 2.59. The SMILES string of the molecule is COc1ccc(CNC(=O)NC(CC(C)C)c2ccccc2)cn1. The fraction of sp³-hybridized carbons (Fsp3) is 0.368. The van der Waals surface area contributed by atoms with Crippen LogP contribution >= 0.6 is 0 Å². The summed E-state index contributed by atoms with van der Waals surface area (Å²) in [6.45, 7) is 4.73. The summed E-state index contributed by atoms with van der Waals surface area (Å²) in [5.41, 5.74) is 2.04. The highest BCUT2D eigenvalue weighted by Crippen LogP contribution is 2.20. The molecule has 2 amide bonds. The number of ether oxygens (including phenoxy) is 1. The molecule has 2 aromatic rings. The predicted octanol–water partition coefficient (Wildman–Crippen LogP) is 3.68. The summed E-state index contributed by atoms with van der Waals surface area (Å²) in [7, 11) is 1.58. The second kappa shape index (κ2) is 8.91. The number of nitrogens with zero attached hydrogens (tertiary/aromatic N) is 1. The molecule has 128 valence electrons. The van der Waals surface area contributed by atoms with E-state index >= 15 is 0 Å². The number of methoxy groups -OCH3 is 1. The summed E-state index contributed by atoms with van der Waals surface area (Å²) >= 11 is 0. The number of rotatable bonds is 7. The molecule has 1 unspecified atom stereocenters. The van der Waals surface area contributed by atoms with Crippen LogP contribution < -0.4 is 15.4 Å². The number of hydrogen-bond donors (Lipinski definition) is 2. The molecule has 24 heavy (non-hydrogen) atoms. The van der Waals surface area contributed by atoms with Crippen LogP contribution in [-0.4, -0.2) is 18.1 Å². The fourth-order valence-electron chi connectivity index (χ4n) is 2.46. The van der Waals surface area contributed by atoms with Gasteiger partial charge in [0.2, 0.25) is 5.88 Å². The van der Waals surface area contributed by atoms with Crippen LogP contribution in [0.2, 0.25) is 0 Å². The Morgan fingerprint density at radius 3 is 2.50 bits per heavy atom. The normalized spacial score (nSPS) is 11.8. The van der Waals surface area contributed by atoms with Crippen LogP contribution in [0.1, 0.15) is 37.4 Å². The highest BCUT2D eigenvalue weighted by atomic mass is 16.5. The van der Waals surface area contributed by atoms with Crippen molar-refractivity contribution in [3.05, 3.63) is 59.8 Å². The Morgan fingerprint density at radius 1 is 1.17 bits per heavy atom. The van der Waals surface area contributed by atoms with Gasteiger partial charge in [-0.1, -0.05) is 50.2 Å². The molecule has 0 fully saturated rings. The predicted molar refractivity (Wildman–Crippen MR) is 94.8 cm³/mol. The van der Waals surface area contributed by atoms with Gasteiger partial charge in [-0.05, 0) is 23.5 Å². The van der Waals surface area contributed by atoms with Gasteiger partial charge in [0.15, 0.2) is 0 Å².